The molecule has 0 bridgehead atoms. The van der Waals surface area contributed by atoms with Crippen LogP contribution >= 0.6 is 23.6 Å². The Morgan fingerprint density at radius 1 is 1.13 bits per heavy atom. The second-order valence-corrected chi connectivity index (χ2v) is 9.46. The Hall–Kier alpha value is -2.70. The van der Waals surface area contributed by atoms with Gasteiger partial charge in [0.1, 0.15) is 5.00 Å². The minimum absolute atomic E-state index is 0.304. The van der Waals surface area contributed by atoms with Gasteiger partial charge in [-0.3, -0.25) is 0 Å². The third kappa shape index (κ3) is 4.97. The van der Waals surface area contributed by atoms with Gasteiger partial charge in [0, 0.05) is 10.6 Å². The highest BCUT2D eigenvalue weighted by molar-refractivity contribution is 7.80. The summed E-state index contributed by atoms with van der Waals surface area (Å²) >= 11 is 7.24. The molecule has 2 N–H and O–H groups in total. The molecule has 1 unspecified atom stereocenters. The van der Waals surface area contributed by atoms with Crippen molar-refractivity contribution in [3.63, 3.8) is 0 Å². The van der Waals surface area contributed by atoms with E-state index in [1.165, 1.54) is 17.6 Å². The van der Waals surface area contributed by atoms with Crippen molar-refractivity contribution in [3.05, 3.63) is 81.7 Å². The Bertz CT molecular complexity index is 1090. The third-order valence-electron chi connectivity index (χ3n) is 5.63. The highest BCUT2D eigenvalue weighted by Crippen LogP contribution is 2.40. The fraction of sp³-hybridized carbons (Fsp3) is 0.280. The van der Waals surface area contributed by atoms with Gasteiger partial charge in [0.2, 0.25) is 0 Å². The summed E-state index contributed by atoms with van der Waals surface area (Å²) < 4.78 is 5.08. The van der Waals surface area contributed by atoms with E-state index < -0.39 is 0 Å². The molecule has 1 aliphatic rings. The number of benzene rings is 2. The number of thiocarbonyl (C=S) groups is 1. The van der Waals surface area contributed by atoms with Gasteiger partial charge in [-0.2, -0.15) is 0 Å². The molecule has 1 atom stereocenters. The van der Waals surface area contributed by atoms with Gasteiger partial charge in [0.25, 0.3) is 0 Å². The number of fused-ring (bicyclic) bond motifs is 1. The van der Waals surface area contributed by atoms with Crippen LogP contribution in [0.15, 0.2) is 54.6 Å². The number of nitrogens with one attached hydrogen (secondary N) is 2. The predicted molar refractivity (Wildman–Crippen MR) is 132 cm³/mol. The molecule has 6 heteroatoms. The van der Waals surface area contributed by atoms with Crippen molar-refractivity contribution >= 4 is 45.3 Å². The van der Waals surface area contributed by atoms with E-state index in [2.05, 4.69) is 35.8 Å². The van der Waals surface area contributed by atoms with Crippen LogP contribution in [-0.2, 0) is 24.0 Å². The first-order valence-corrected chi connectivity index (χ1v) is 11.7. The predicted octanol–water partition coefficient (Wildman–Crippen LogP) is 6.06. The molecular formula is C25H26N2O2S2. The van der Waals surface area contributed by atoms with Crippen LogP contribution in [0.5, 0.6) is 0 Å². The minimum atomic E-state index is -0.304. The summed E-state index contributed by atoms with van der Waals surface area (Å²) in [6.07, 6.45) is 3.79. The number of hydrogen-bond donors (Lipinski definition) is 2. The maximum atomic E-state index is 12.5. The van der Waals surface area contributed by atoms with Crippen LogP contribution in [0.3, 0.4) is 0 Å². The van der Waals surface area contributed by atoms with Crippen LogP contribution in [0.25, 0.3) is 0 Å². The summed E-state index contributed by atoms with van der Waals surface area (Å²) in [5.41, 5.74) is 5.10. The molecular weight excluding hydrogens is 424 g/mol. The van der Waals surface area contributed by atoms with Gasteiger partial charge in [-0.05, 0) is 66.6 Å². The summed E-state index contributed by atoms with van der Waals surface area (Å²) in [6.45, 7) is 2.25. The average Bonchev–Trinajstić information content (AvgIpc) is 3.11. The molecule has 1 aliphatic carbocycles. The maximum Gasteiger partial charge on any atom is 0.341 e. The van der Waals surface area contributed by atoms with Crippen LogP contribution in [-0.4, -0.2) is 18.2 Å². The van der Waals surface area contributed by atoms with Crippen LogP contribution < -0.4 is 10.6 Å². The van der Waals surface area contributed by atoms with Gasteiger partial charge < -0.3 is 15.4 Å². The molecule has 4 nitrogen and oxygen atoms in total. The van der Waals surface area contributed by atoms with Crippen molar-refractivity contribution in [3.8, 4) is 0 Å². The van der Waals surface area contributed by atoms with Gasteiger partial charge in [-0.1, -0.05) is 55.5 Å². The molecule has 2 aromatic carbocycles. The molecule has 4 rings (SSSR count). The van der Waals surface area contributed by atoms with Gasteiger partial charge in [0.15, 0.2) is 5.11 Å². The van der Waals surface area contributed by atoms with E-state index in [1.807, 2.05) is 36.4 Å². The largest absolute Gasteiger partial charge is 0.465 e. The second kappa shape index (κ2) is 9.62. The Morgan fingerprint density at radius 2 is 1.87 bits per heavy atom. The van der Waals surface area contributed by atoms with E-state index in [1.54, 1.807) is 11.3 Å². The monoisotopic (exact) mass is 450 g/mol. The van der Waals surface area contributed by atoms with Crippen molar-refractivity contribution < 1.29 is 9.53 Å². The molecule has 0 amide bonds. The van der Waals surface area contributed by atoms with Gasteiger partial charge in [0.05, 0.1) is 12.7 Å². The summed E-state index contributed by atoms with van der Waals surface area (Å²) in [7, 11) is 1.43. The highest BCUT2D eigenvalue weighted by atomic mass is 32.1. The Kier molecular flexibility index (Phi) is 6.68. The lowest BCUT2D eigenvalue weighted by molar-refractivity contribution is 0.0601. The van der Waals surface area contributed by atoms with Crippen molar-refractivity contribution in [2.24, 2.45) is 5.92 Å². The molecule has 3 aromatic rings. The van der Waals surface area contributed by atoms with Crippen LogP contribution in [0.1, 0.15) is 45.3 Å². The lowest BCUT2D eigenvalue weighted by Gasteiger charge is -2.18. The van der Waals surface area contributed by atoms with E-state index in [9.17, 15) is 4.79 Å². The zero-order chi connectivity index (χ0) is 21.8. The molecule has 31 heavy (non-hydrogen) atoms. The van der Waals surface area contributed by atoms with Gasteiger partial charge in [-0.15, -0.1) is 11.3 Å². The third-order valence-corrected chi connectivity index (χ3v) is 7.01. The minimum Gasteiger partial charge on any atom is -0.465 e. The average molecular weight is 451 g/mol. The fourth-order valence-corrected chi connectivity index (χ4v) is 5.71. The van der Waals surface area contributed by atoms with E-state index in [0.29, 0.717) is 16.6 Å². The molecule has 0 aliphatic heterocycles. The lowest BCUT2D eigenvalue weighted by Crippen LogP contribution is -2.21. The summed E-state index contributed by atoms with van der Waals surface area (Å²) in [4.78, 5) is 13.8. The lowest BCUT2D eigenvalue weighted by atomic mass is 9.88. The number of hydrogen-bond acceptors (Lipinski definition) is 4. The SMILES string of the molecule is COC(=O)c1c(NC(=S)Nc2ccccc2Cc2ccccc2)sc2c1CCC(C)C2. The van der Waals surface area contributed by atoms with Crippen LogP contribution in [0.2, 0.25) is 0 Å². The summed E-state index contributed by atoms with van der Waals surface area (Å²) in [5, 5.41) is 7.84. The maximum absolute atomic E-state index is 12.5. The van der Waals surface area contributed by atoms with E-state index in [0.717, 1.165) is 47.5 Å². The van der Waals surface area contributed by atoms with Crippen molar-refractivity contribution in [2.45, 2.75) is 32.6 Å². The number of carbonyl (C=O) groups is 1. The Balaban J connectivity index is 1.54. The number of rotatable bonds is 5. The standard InChI is InChI=1S/C25H26N2O2S2/c1-16-12-13-19-21(14-16)31-23(22(19)24(28)29-2)27-25(30)26-20-11-7-6-10-18(20)15-17-8-4-3-5-9-17/h3-11,16H,12-15H2,1-2H3,(H2,26,27,30). The second-order valence-electron chi connectivity index (χ2n) is 7.95. The number of para-hydroxylation sites is 1. The summed E-state index contributed by atoms with van der Waals surface area (Å²) in [5.74, 6) is 0.321. The zero-order valence-electron chi connectivity index (χ0n) is 17.7. The number of esters is 1. The van der Waals surface area contributed by atoms with Crippen LogP contribution in [0, 0.1) is 5.92 Å². The number of anilines is 2. The number of thiophene rings is 1. The quantitative estimate of drug-likeness (QED) is 0.366. The molecule has 1 aromatic heterocycles. The molecule has 1 heterocycles. The van der Waals surface area contributed by atoms with Crippen molar-refractivity contribution in [1.82, 2.24) is 0 Å². The first-order valence-electron chi connectivity index (χ1n) is 10.5. The van der Waals surface area contributed by atoms with E-state index in [4.69, 9.17) is 17.0 Å². The van der Waals surface area contributed by atoms with E-state index in [-0.39, 0.29) is 5.97 Å². The first kappa shape index (κ1) is 21.5. The summed E-state index contributed by atoms with van der Waals surface area (Å²) in [6, 6.07) is 18.5. The smallest absolute Gasteiger partial charge is 0.341 e. The van der Waals surface area contributed by atoms with Crippen molar-refractivity contribution in [1.29, 1.82) is 0 Å². The highest BCUT2D eigenvalue weighted by Gasteiger charge is 2.28. The molecule has 0 spiro atoms. The Labute approximate surface area is 192 Å². The fourth-order valence-electron chi connectivity index (χ4n) is 4.03. The molecule has 160 valence electrons. The topological polar surface area (TPSA) is 50.4 Å². The first-order chi connectivity index (χ1) is 15.0. The van der Waals surface area contributed by atoms with Crippen LogP contribution in [0.4, 0.5) is 10.7 Å². The molecule has 0 saturated heterocycles. The van der Waals surface area contributed by atoms with Gasteiger partial charge in [-0.25, -0.2) is 4.79 Å². The normalized spacial score (nSPS) is 15.1. The number of ether oxygens (including phenoxy) is 1. The van der Waals surface area contributed by atoms with Crippen molar-refractivity contribution in [2.75, 3.05) is 17.7 Å². The number of carbonyl (C=O) groups excluding carboxylic acids is 1. The molecule has 0 fully saturated rings. The van der Waals surface area contributed by atoms with Gasteiger partial charge >= 0.3 is 5.97 Å². The van der Waals surface area contributed by atoms with E-state index >= 15 is 0 Å². The Morgan fingerprint density at radius 3 is 2.65 bits per heavy atom. The zero-order valence-corrected chi connectivity index (χ0v) is 19.4. The molecule has 0 saturated carbocycles. The molecule has 0 radical (unpaired) electrons. The number of methoxy groups -OCH3 is 1.